The van der Waals surface area contributed by atoms with Crippen LogP contribution in [0.2, 0.25) is 5.15 Å². The summed E-state index contributed by atoms with van der Waals surface area (Å²) >= 11 is 5.87. The summed E-state index contributed by atoms with van der Waals surface area (Å²) in [6, 6.07) is 15.2. The molecule has 0 saturated heterocycles. The van der Waals surface area contributed by atoms with Crippen molar-refractivity contribution >= 4 is 22.5 Å². The molecule has 4 nitrogen and oxygen atoms in total. The van der Waals surface area contributed by atoms with E-state index >= 15 is 0 Å². The Bertz CT molecular complexity index is 785. The fourth-order valence-electron chi connectivity index (χ4n) is 2.02. The van der Waals surface area contributed by atoms with Gasteiger partial charge < -0.3 is 0 Å². The Morgan fingerprint density at radius 3 is 2.79 bits per heavy atom. The van der Waals surface area contributed by atoms with Crippen molar-refractivity contribution in [3.05, 3.63) is 59.0 Å². The third-order valence-electron chi connectivity index (χ3n) is 2.85. The van der Waals surface area contributed by atoms with Gasteiger partial charge in [0.15, 0.2) is 5.69 Å². The molecule has 2 heterocycles. The molecule has 0 radical (unpaired) electrons. The van der Waals surface area contributed by atoms with Crippen LogP contribution < -0.4 is 0 Å². The van der Waals surface area contributed by atoms with Gasteiger partial charge in [-0.05, 0) is 24.3 Å². The van der Waals surface area contributed by atoms with Gasteiger partial charge in [-0.25, -0.2) is 4.98 Å². The number of para-hydroxylation sites is 1. The summed E-state index contributed by atoms with van der Waals surface area (Å²) in [5.74, 6) is 0. The Morgan fingerprint density at radius 1 is 1.16 bits per heavy atom. The summed E-state index contributed by atoms with van der Waals surface area (Å²) in [6.45, 7) is 0.489. The molecule has 0 aliphatic heterocycles. The number of rotatable bonds is 2. The predicted molar refractivity (Wildman–Crippen MR) is 72.8 cm³/mol. The zero-order valence-corrected chi connectivity index (χ0v) is 10.7. The molecule has 1 aromatic carbocycles. The lowest BCUT2D eigenvalue weighted by atomic mass is 10.2. The van der Waals surface area contributed by atoms with E-state index in [1.54, 1.807) is 10.7 Å². The van der Waals surface area contributed by atoms with Gasteiger partial charge in [-0.3, -0.25) is 4.68 Å². The van der Waals surface area contributed by atoms with Crippen LogP contribution in [-0.2, 0) is 6.54 Å². The molecular formula is C14H9ClN4. The van der Waals surface area contributed by atoms with Crippen molar-refractivity contribution in [3.8, 4) is 6.07 Å². The number of nitrogens with zero attached hydrogens (tertiary/aromatic N) is 4. The molecule has 0 spiro atoms. The van der Waals surface area contributed by atoms with Crippen LogP contribution in [0.15, 0.2) is 42.5 Å². The molecular weight excluding hydrogens is 260 g/mol. The van der Waals surface area contributed by atoms with Crippen LogP contribution in [0.5, 0.6) is 0 Å². The molecule has 0 N–H and O–H groups in total. The lowest BCUT2D eigenvalue weighted by Gasteiger charge is -2.03. The highest BCUT2D eigenvalue weighted by Crippen LogP contribution is 2.18. The van der Waals surface area contributed by atoms with E-state index in [0.29, 0.717) is 17.4 Å². The fraction of sp³-hybridized carbons (Fsp3) is 0.0714. The van der Waals surface area contributed by atoms with Gasteiger partial charge in [0.1, 0.15) is 11.2 Å². The first kappa shape index (κ1) is 11.7. The molecule has 0 aliphatic carbocycles. The Balaban J connectivity index is 2.09. The number of hydrogen-bond donors (Lipinski definition) is 0. The highest BCUT2D eigenvalue weighted by atomic mass is 35.5. The molecule has 0 atom stereocenters. The van der Waals surface area contributed by atoms with Crippen molar-refractivity contribution in [2.75, 3.05) is 0 Å². The third kappa shape index (κ3) is 2.16. The zero-order chi connectivity index (χ0) is 13.2. The van der Waals surface area contributed by atoms with Crippen LogP contribution in [0.25, 0.3) is 10.9 Å². The van der Waals surface area contributed by atoms with Crippen LogP contribution in [0.1, 0.15) is 11.4 Å². The first-order chi connectivity index (χ1) is 9.28. The third-order valence-corrected chi connectivity index (χ3v) is 3.06. The van der Waals surface area contributed by atoms with Crippen LogP contribution >= 0.6 is 11.6 Å². The van der Waals surface area contributed by atoms with Crippen molar-refractivity contribution < 1.29 is 0 Å². The van der Waals surface area contributed by atoms with Gasteiger partial charge in [0.25, 0.3) is 0 Å². The minimum Gasteiger partial charge on any atom is -0.258 e. The van der Waals surface area contributed by atoms with Gasteiger partial charge in [0, 0.05) is 5.39 Å². The van der Waals surface area contributed by atoms with Crippen LogP contribution in [0.4, 0.5) is 0 Å². The summed E-state index contributed by atoms with van der Waals surface area (Å²) in [6.07, 6.45) is 0. The molecule has 92 valence electrons. The second kappa shape index (κ2) is 4.71. The maximum absolute atomic E-state index is 9.10. The van der Waals surface area contributed by atoms with Crippen molar-refractivity contribution in [1.29, 1.82) is 5.26 Å². The van der Waals surface area contributed by atoms with E-state index in [4.69, 9.17) is 16.9 Å². The van der Waals surface area contributed by atoms with E-state index in [-0.39, 0.29) is 0 Å². The molecule has 5 heteroatoms. The van der Waals surface area contributed by atoms with E-state index in [0.717, 1.165) is 16.6 Å². The smallest absolute Gasteiger partial charge is 0.170 e. The highest BCUT2D eigenvalue weighted by Gasteiger charge is 2.10. The zero-order valence-electron chi connectivity index (χ0n) is 9.92. The Labute approximate surface area is 114 Å². The normalized spacial score (nSPS) is 10.5. The topological polar surface area (TPSA) is 54.5 Å². The fourth-order valence-corrected chi connectivity index (χ4v) is 2.20. The number of fused-ring (bicyclic) bond motifs is 1. The molecule has 3 aromatic rings. The minimum atomic E-state index is 0.428. The lowest BCUT2D eigenvalue weighted by molar-refractivity contribution is 0.693. The molecule has 0 saturated carbocycles. The van der Waals surface area contributed by atoms with E-state index in [9.17, 15) is 0 Å². The molecule has 0 amide bonds. The van der Waals surface area contributed by atoms with Crippen LogP contribution in [0.3, 0.4) is 0 Å². The van der Waals surface area contributed by atoms with Crippen molar-refractivity contribution in [2.24, 2.45) is 0 Å². The predicted octanol–water partition coefficient (Wildman–Crippen LogP) is 3.00. The lowest BCUT2D eigenvalue weighted by Crippen LogP contribution is -2.03. The molecule has 0 aliphatic rings. The number of nitriles is 1. The number of halogens is 1. The van der Waals surface area contributed by atoms with Crippen molar-refractivity contribution in [3.63, 3.8) is 0 Å². The highest BCUT2D eigenvalue weighted by molar-refractivity contribution is 6.29. The van der Waals surface area contributed by atoms with Crippen molar-refractivity contribution in [2.45, 2.75) is 6.54 Å². The summed E-state index contributed by atoms with van der Waals surface area (Å²) in [7, 11) is 0. The average Bonchev–Trinajstić information content (AvgIpc) is 2.77. The second-order valence-corrected chi connectivity index (χ2v) is 4.47. The minimum absolute atomic E-state index is 0.428. The standard InChI is InChI=1S/C14H9ClN4/c15-14-7-3-4-10(17-14)9-19-13-6-2-1-5-11(13)12(8-16)18-19/h1-7H,9H2. The maximum Gasteiger partial charge on any atom is 0.170 e. The number of hydrogen-bond acceptors (Lipinski definition) is 3. The molecule has 3 rings (SSSR count). The van der Waals surface area contributed by atoms with Crippen LogP contribution in [-0.4, -0.2) is 14.8 Å². The van der Waals surface area contributed by atoms with Crippen molar-refractivity contribution in [1.82, 2.24) is 14.8 Å². The van der Waals surface area contributed by atoms with E-state index in [1.807, 2.05) is 36.4 Å². The molecule has 0 fully saturated rings. The second-order valence-electron chi connectivity index (χ2n) is 4.09. The summed E-state index contributed by atoms with van der Waals surface area (Å²) < 4.78 is 1.77. The average molecular weight is 269 g/mol. The Hall–Kier alpha value is -2.38. The Morgan fingerprint density at radius 2 is 2.00 bits per heavy atom. The molecule has 19 heavy (non-hydrogen) atoms. The van der Waals surface area contributed by atoms with Gasteiger partial charge in [0.05, 0.1) is 17.8 Å². The maximum atomic E-state index is 9.10. The van der Waals surface area contributed by atoms with Gasteiger partial charge in [-0.15, -0.1) is 0 Å². The first-order valence-corrected chi connectivity index (χ1v) is 6.13. The van der Waals surface area contributed by atoms with Gasteiger partial charge in [0.2, 0.25) is 0 Å². The van der Waals surface area contributed by atoms with Gasteiger partial charge in [-0.2, -0.15) is 10.4 Å². The number of benzene rings is 1. The van der Waals surface area contributed by atoms with Gasteiger partial charge in [-0.1, -0.05) is 29.8 Å². The van der Waals surface area contributed by atoms with E-state index in [2.05, 4.69) is 16.2 Å². The summed E-state index contributed by atoms with van der Waals surface area (Å²) in [4.78, 5) is 4.23. The SMILES string of the molecule is N#Cc1nn(Cc2cccc(Cl)n2)c2ccccc12. The van der Waals surface area contributed by atoms with Crippen LogP contribution in [0, 0.1) is 11.3 Å². The monoisotopic (exact) mass is 268 g/mol. The summed E-state index contributed by atoms with van der Waals surface area (Å²) in [5, 5.41) is 14.7. The number of pyridine rings is 1. The largest absolute Gasteiger partial charge is 0.258 e. The van der Waals surface area contributed by atoms with Gasteiger partial charge >= 0.3 is 0 Å². The molecule has 2 aromatic heterocycles. The van der Waals surface area contributed by atoms with E-state index in [1.165, 1.54) is 0 Å². The summed E-state index contributed by atoms with van der Waals surface area (Å²) in [5.41, 5.74) is 2.16. The molecule has 0 unspecified atom stereocenters. The molecule has 0 bridgehead atoms. The van der Waals surface area contributed by atoms with E-state index < -0.39 is 0 Å². The quantitative estimate of drug-likeness (QED) is 0.672. The first-order valence-electron chi connectivity index (χ1n) is 5.75. The Kier molecular flexibility index (Phi) is 2.90. The number of aromatic nitrogens is 3.